The van der Waals surface area contributed by atoms with E-state index in [1.54, 1.807) is 0 Å². The smallest absolute Gasteiger partial charge is 0.254 e. The topological polar surface area (TPSA) is 64.3 Å². The zero-order chi connectivity index (χ0) is 12.4. The lowest BCUT2D eigenvalue weighted by Gasteiger charge is -2.12. The summed E-state index contributed by atoms with van der Waals surface area (Å²) in [6.45, 7) is 5.35. The van der Waals surface area contributed by atoms with E-state index in [0.29, 0.717) is 23.1 Å². The molecule has 0 aliphatic carbocycles. The molecule has 1 amide bonds. The number of thiophene rings is 1. The van der Waals surface area contributed by atoms with E-state index in [-0.39, 0.29) is 11.9 Å². The SMILES string of the molecule is CC(C)NC(=O)c1c(C2CCOC2)csc1N. The lowest BCUT2D eigenvalue weighted by atomic mass is 9.96. The Labute approximate surface area is 105 Å². The summed E-state index contributed by atoms with van der Waals surface area (Å²) in [5, 5.41) is 5.49. The first-order valence-electron chi connectivity index (χ1n) is 5.85. The Hall–Kier alpha value is -1.07. The van der Waals surface area contributed by atoms with Gasteiger partial charge in [-0.2, -0.15) is 0 Å². The molecule has 1 aliphatic rings. The van der Waals surface area contributed by atoms with Crippen molar-refractivity contribution in [2.45, 2.75) is 32.2 Å². The van der Waals surface area contributed by atoms with Crippen LogP contribution in [0.25, 0.3) is 0 Å². The van der Waals surface area contributed by atoms with Gasteiger partial charge < -0.3 is 15.8 Å². The molecule has 1 aromatic heterocycles. The van der Waals surface area contributed by atoms with Crippen LogP contribution in [-0.4, -0.2) is 25.2 Å². The van der Waals surface area contributed by atoms with Gasteiger partial charge in [0.1, 0.15) is 0 Å². The highest BCUT2D eigenvalue weighted by atomic mass is 32.1. The van der Waals surface area contributed by atoms with Crippen LogP contribution in [0.1, 0.15) is 42.1 Å². The zero-order valence-electron chi connectivity index (χ0n) is 10.2. The first kappa shape index (κ1) is 12.4. The molecule has 1 aromatic rings. The molecule has 2 rings (SSSR count). The number of hydrogen-bond donors (Lipinski definition) is 2. The monoisotopic (exact) mass is 254 g/mol. The summed E-state index contributed by atoms with van der Waals surface area (Å²) in [6.07, 6.45) is 0.970. The van der Waals surface area contributed by atoms with E-state index in [1.165, 1.54) is 11.3 Å². The number of anilines is 1. The van der Waals surface area contributed by atoms with Crippen molar-refractivity contribution in [2.75, 3.05) is 18.9 Å². The number of ether oxygens (including phenoxy) is 1. The Morgan fingerprint density at radius 1 is 1.65 bits per heavy atom. The fourth-order valence-corrected chi connectivity index (χ4v) is 2.94. The molecule has 0 radical (unpaired) electrons. The van der Waals surface area contributed by atoms with Crippen molar-refractivity contribution in [3.05, 3.63) is 16.5 Å². The van der Waals surface area contributed by atoms with Crippen molar-refractivity contribution in [3.8, 4) is 0 Å². The molecule has 0 saturated carbocycles. The number of nitrogens with two attached hydrogens (primary N) is 1. The second-order valence-corrected chi connectivity index (χ2v) is 5.53. The average molecular weight is 254 g/mol. The summed E-state index contributed by atoms with van der Waals surface area (Å²) in [4.78, 5) is 12.1. The van der Waals surface area contributed by atoms with Gasteiger partial charge in [0.2, 0.25) is 0 Å². The van der Waals surface area contributed by atoms with Crippen LogP contribution in [0.5, 0.6) is 0 Å². The number of nitrogen functional groups attached to an aromatic ring is 1. The minimum absolute atomic E-state index is 0.0688. The lowest BCUT2D eigenvalue weighted by Crippen LogP contribution is -2.31. The van der Waals surface area contributed by atoms with Crippen LogP contribution in [0, 0.1) is 0 Å². The number of rotatable bonds is 3. The quantitative estimate of drug-likeness (QED) is 0.866. The predicted octanol–water partition coefficient (Wildman–Crippen LogP) is 1.97. The molecule has 94 valence electrons. The van der Waals surface area contributed by atoms with E-state index in [9.17, 15) is 4.79 Å². The minimum Gasteiger partial charge on any atom is -0.390 e. The number of carbonyl (C=O) groups is 1. The molecule has 1 fully saturated rings. The highest BCUT2D eigenvalue weighted by molar-refractivity contribution is 7.14. The average Bonchev–Trinajstić information content (AvgIpc) is 2.84. The van der Waals surface area contributed by atoms with Gasteiger partial charge in [-0.3, -0.25) is 4.79 Å². The van der Waals surface area contributed by atoms with Gasteiger partial charge in [0.05, 0.1) is 17.2 Å². The molecule has 17 heavy (non-hydrogen) atoms. The minimum atomic E-state index is -0.0688. The summed E-state index contributed by atoms with van der Waals surface area (Å²) in [5.41, 5.74) is 7.60. The standard InChI is InChI=1S/C12H18N2O2S/c1-7(2)14-12(15)10-9(6-17-11(10)13)8-3-4-16-5-8/h6-8H,3-5,13H2,1-2H3,(H,14,15). The van der Waals surface area contributed by atoms with Gasteiger partial charge >= 0.3 is 0 Å². The molecule has 3 N–H and O–H groups in total. The molecule has 0 aromatic carbocycles. The largest absolute Gasteiger partial charge is 0.390 e. The van der Waals surface area contributed by atoms with Gasteiger partial charge in [-0.25, -0.2) is 0 Å². The Morgan fingerprint density at radius 2 is 2.41 bits per heavy atom. The lowest BCUT2D eigenvalue weighted by molar-refractivity contribution is 0.0943. The van der Waals surface area contributed by atoms with E-state index < -0.39 is 0 Å². The second kappa shape index (κ2) is 5.06. The second-order valence-electron chi connectivity index (χ2n) is 4.62. The highest BCUT2D eigenvalue weighted by Gasteiger charge is 2.26. The molecular formula is C12H18N2O2S. The number of amides is 1. The van der Waals surface area contributed by atoms with Gasteiger partial charge in [0.25, 0.3) is 5.91 Å². The van der Waals surface area contributed by atoms with E-state index in [1.807, 2.05) is 19.2 Å². The van der Waals surface area contributed by atoms with Crippen molar-refractivity contribution >= 4 is 22.2 Å². The molecule has 2 heterocycles. The fourth-order valence-electron chi connectivity index (χ4n) is 2.04. The Kier molecular flexibility index (Phi) is 3.69. The molecule has 1 saturated heterocycles. The summed E-state index contributed by atoms with van der Waals surface area (Å²) in [5.74, 6) is 0.247. The molecule has 4 nitrogen and oxygen atoms in total. The Bertz CT molecular complexity index is 409. The summed E-state index contributed by atoms with van der Waals surface area (Å²) < 4.78 is 5.37. The number of carbonyl (C=O) groups excluding carboxylic acids is 1. The maximum atomic E-state index is 12.1. The third-order valence-electron chi connectivity index (χ3n) is 2.86. The van der Waals surface area contributed by atoms with Crippen molar-refractivity contribution < 1.29 is 9.53 Å². The van der Waals surface area contributed by atoms with Crippen LogP contribution < -0.4 is 11.1 Å². The van der Waals surface area contributed by atoms with E-state index in [2.05, 4.69) is 5.32 Å². The third kappa shape index (κ3) is 2.61. The summed E-state index contributed by atoms with van der Waals surface area (Å²) in [7, 11) is 0. The Morgan fingerprint density at radius 3 is 3.00 bits per heavy atom. The Balaban J connectivity index is 2.25. The van der Waals surface area contributed by atoms with E-state index in [0.717, 1.165) is 18.6 Å². The summed E-state index contributed by atoms with van der Waals surface area (Å²) >= 11 is 1.43. The first-order valence-corrected chi connectivity index (χ1v) is 6.73. The number of hydrogen-bond acceptors (Lipinski definition) is 4. The molecular weight excluding hydrogens is 236 g/mol. The molecule has 5 heteroatoms. The van der Waals surface area contributed by atoms with Crippen molar-refractivity contribution in [3.63, 3.8) is 0 Å². The molecule has 1 atom stereocenters. The van der Waals surface area contributed by atoms with E-state index in [4.69, 9.17) is 10.5 Å². The maximum Gasteiger partial charge on any atom is 0.254 e. The first-order chi connectivity index (χ1) is 8.09. The summed E-state index contributed by atoms with van der Waals surface area (Å²) in [6, 6.07) is 0.120. The van der Waals surface area contributed by atoms with Gasteiger partial charge in [-0.15, -0.1) is 11.3 Å². The van der Waals surface area contributed by atoms with Crippen LogP contribution in [0.4, 0.5) is 5.00 Å². The zero-order valence-corrected chi connectivity index (χ0v) is 11.0. The molecule has 1 aliphatic heterocycles. The van der Waals surface area contributed by atoms with Gasteiger partial charge in [0.15, 0.2) is 0 Å². The predicted molar refractivity (Wildman–Crippen MR) is 69.5 cm³/mol. The molecule has 0 spiro atoms. The van der Waals surface area contributed by atoms with Crippen LogP contribution in [0.15, 0.2) is 5.38 Å². The van der Waals surface area contributed by atoms with Crippen molar-refractivity contribution in [1.29, 1.82) is 0 Å². The van der Waals surface area contributed by atoms with E-state index >= 15 is 0 Å². The maximum absolute atomic E-state index is 12.1. The van der Waals surface area contributed by atoms with Crippen molar-refractivity contribution in [2.24, 2.45) is 0 Å². The fraction of sp³-hybridized carbons (Fsp3) is 0.583. The molecule has 0 bridgehead atoms. The van der Waals surface area contributed by atoms with Crippen LogP contribution in [0.2, 0.25) is 0 Å². The van der Waals surface area contributed by atoms with Gasteiger partial charge in [0, 0.05) is 18.6 Å². The highest BCUT2D eigenvalue weighted by Crippen LogP contribution is 2.35. The van der Waals surface area contributed by atoms with Gasteiger partial charge in [-0.1, -0.05) is 0 Å². The van der Waals surface area contributed by atoms with Gasteiger partial charge in [-0.05, 0) is 31.2 Å². The third-order valence-corrected chi connectivity index (χ3v) is 3.69. The molecule has 1 unspecified atom stereocenters. The van der Waals surface area contributed by atoms with Crippen LogP contribution >= 0.6 is 11.3 Å². The van der Waals surface area contributed by atoms with Crippen molar-refractivity contribution in [1.82, 2.24) is 5.32 Å². The van der Waals surface area contributed by atoms with Crippen LogP contribution in [0.3, 0.4) is 0 Å². The van der Waals surface area contributed by atoms with Crippen LogP contribution in [-0.2, 0) is 4.74 Å². The normalized spacial score (nSPS) is 19.8. The number of nitrogens with one attached hydrogen (secondary N) is 1.